The molecule has 3 aliphatic heterocycles. The van der Waals surface area contributed by atoms with Gasteiger partial charge in [-0.1, -0.05) is 0 Å². The minimum Gasteiger partial charge on any atom is -0.396 e. The van der Waals surface area contributed by atoms with Gasteiger partial charge in [-0.3, -0.25) is 0 Å². The van der Waals surface area contributed by atoms with Gasteiger partial charge in [-0.25, -0.2) is 0 Å². The fraction of sp³-hybridized carbons (Fsp3) is 1.00. The average Bonchev–Trinajstić information content (AvgIpc) is 3.09. The summed E-state index contributed by atoms with van der Waals surface area (Å²) in [7, 11) is 0. The number of hydrogen-bond donors (Lipinski definition) is 2. The Hall–Kier alpha value is -0.120. The molecular formula is C12H22N2O. The van der Waals surface area contributed by atoms with Crippen molar-refractivity contribution in [2.75, 3.05) is 32.8 Å². The minimum atomic E-state index is 0.270. The Morgan fingerprint density at radius 3 is 2.47 bits per heavy atom. The van der Waals surface area contributed by atoms with Crippen LogP contribution in [0, 0.1) is 11.3 Å². The van der Waals surface area contributed by atoms with Gasteiger partial charge in [-0.15, -0.1) is 0 Å². The Morgan fingerprint density at radius 1 is 1.27 bits per heavy atom. The molecule has 4 aliphatic rings. The quantitative estimate of drug-likeness (QED) is 0.707. The van der Waals surface area contributed by atoms with Gasteiger partial charge in [0, 0.05) is 31.2 Å². The highest BCUT2D eigenvalue weighted by Gasteiger charge is 2.43. The predicted octanol–water partition coefficient (Wildman–Crippen LogP) is 0.443. The van der Waals surface area contributed by atoms with Crippen LogP contribution >= 0.6 is 0 Å². The highest BCUT2D eigenvalue weighted by Crippen LogP contribution is 2.44. The standard InChI is InChI=1S/C12H22N2O/c15-9-12(3-4-12)8-13-11-7-14-5-1-10(11)2-6-14/h10-11,13,15H,1-9H2. The zero-order valence-electron chi connectivity index (χ0n) is 9.41. The Balaban J connectivity index is 1.51. The molecule has 0 aromatic heterocycles. The molecule has 0 radical (unpaired) electrons. The SMILES string of the molecule is OCC1(CNC2CN3CCC2CC3)CC1. The van der Waals surface area contributed by atoms with Crippen LogP contribution in [0.3, 0.4) is 0 Å². The van der Waals surface area contributed by atoms with Crippen molar-refractivity contribution >= 4 is 0 Å². The number of hydrogen-bond acceptors (Lipinski definition) is 3. The number of nitrogens with zero attached hydrogens (tertiary/aromatic N) is 1. The molecule has 1 unspecified atom stereocenters. The number of rotatable bonds is 4. The summed E-state index contributed by atoms with van der Waals surface area (Å²) in [5, 5.41) is 13.0. The van der Waals surface area contributed by atoms with E-state index in [0.717, 1.165) is 12.5 Å². The summed E-state index contributed by atoms with van der Waals surface area (Å²) in [6, 6.07) is 0.705. The molecule has 86 valence electrons. The van der Waals surface area contributed by atoms with Gasteiger partial charge in [0.25, 0.3) is 0 Å². The van der Waals surface area contributed by atoms with E-state index in [4.69, 9.17) is 0 Å². The number of aliphatic hydroxyl groups is 1. The van der Waals surface area contributed by atoms with Crippen LogP contribution in [0.2, 0.25) is 0 Å². The van der Waals surface area contributed by atoms with E-state index in [2.05, 4.69) is 10.2 Å². The molecule has 2 N–H and O–H groups in total. The fourth-order valence-corrected chi connectivity index (χ4v) is 3.11. The van der Waals surface area contributed by atoms with Crippen LogP contribution in [0.5, 0.6) is 0 Å². The molecule has 0 aromatic carbocycles. The maximum Gasteiger partial charge on any atom is 0.0499 e. The van der Waals surface area contributed by atoms with Crippen molar-refractivity contribution in [2.24, 2.45) is 11.3 Å². The van der Waals surface area contributed by atoms with Crippen LogP contribution in [0.1, 0.15) is 25.7 Å². The van der Waals surface area contributed by atoms with Gasteiger partial charge in [-0.05, 0) is 44.7 Å². The van der Waals surface area contributed by atoms with E-state index >= 15 is 0 Å². The van der Waals surface area contributed by atoms with Gasteiger partial charge in [0.2, 0.25) is 0 Å². The molecule has 15 heavy (non-hydrogen) atoms. The first-order valence-electron chi connectivity index (χ1n) is 6.38. The molecule has 4 fully saturated rings. The molecule has 2 bridgehead atoms. The van der Waals surface area contributed by atoms with Crippen molar-refractivity contribution in [3.8, 4) is 0 Å². The van der Waals surface area contributed by atoms with E-state index in [1.54, 1.807) is 0 Å². The van der Waals surface area contributed by atoms with Gasteiger partial charge in [0.15, 0.2) is 0 Å². The van der Waals surface area contributed by atoms with Gasteiger partial charge in [-0.2, -0.15) is 0 Å². The van der Waals surface area contributed by atoms with Crippen LogP contribution in [-0.2, 0) is 0 Å². The largest absolute Gasteiger partial charge is 0.396 e. The van der Waals surface area contributed by atoms with E-state index < -0.39 is 0 Å². The van der Waals surface area contributed by atoms with Crippen molar-refractivity contribution in [1.29, 1.82) is 0 Å². The van der Waals surface area contributed by atoms with Crippen molar-refractivity contribution in [3.63, 3.8) is 0 Å². The second kappa shape index (κ2) is 3.72. The van der Waals surface area contributed by atoms with E-state index in [1.165, 1.54) is 45.3 Å². The highest BCUT2D eigenvalue weighted by atomic mass is 16.3. The molecule has 3 nitrogen and oxygen atoms in total. The Bertz CT molecular complexity index is 232. The summed E-state index contributed by atoms with van der Waals surface area (Å²) in [6.45, 7) is 5.29. The van der Waals surface area contributed by atoms with Crippen LogP contribution < -0.4 is 5.32 Å². The molecule has 1 saturated carbocycles. The summed E-state index contributed by atoms with van der Waals surface area (Å²) in [6.07, 6.45) is 5.20. The maximum absolute atomic E-state index is 9.27. The van der Waals surface area contributed by atoms with Crippen LogP contribution in [0.15, 0.2) is 0 Å². The molecular weight excluding hydrogens is 188 g/mol. The van der Waals surface area contributed by atoms with Crippen molar-refractivity contribution < 1.29 is 5.11 Å². The zero-order chi connectivity index (χ0) is 10.3. The van der Waals surface area contributed by atoms with Crippen molar-refractivity contribution in [2.45, 2.75) is 31.7 Å². The smallest absolute Gasteiger partial charge is 0.0499 e. The first-order chi connectivity index (χ1) is 7.31. The van der Waals surface area contributed by atoms with E-state index in [9.17, 15) is 5.11 Å². The normalized spacial score (nSPS) is 41.8. The first-order valence-corrected chi connectivity index (χ1v) is 6.38. The molecule has 3 heterocycles. The molecule has 1 aliphatic carbocycles. The van der Waals surface area contributed by atoms with E-state index in [-0.39, 0.29) is 5.41 Å². The molecule has 1 atom stereocenters. The van der Waals surface area contributed by atoms with Crippen molar-refractivity contribution in [3.05, 3.63) is 0 Å². The lowest BCUT2D eigenvalue weighted by Gasteiger charge is -2.45. The fourth-order valence-electron chi connectivity index (χ4n) is 3.11. The first kappa shape index (κ1) is 10.1. The molecule has 0 aromatic rings. The van der Waals surface area contributed by atoms with E-state index in [0.29, 0.717) is 12.6 Å². The van der Waals surface area contributed by atoms with Gasteiger partial charge >= 0.3 is 0 Å². The maximum atomic E-state index is 9.27. The Kier molecular flexibility index (Phi) is 2.49. The number of piperidine rings is 3. The highest BCUT2D eigenvalue weighted by molar-refractivity contribution is 4.97. The summed E-state index contributed by atoms with van der Waals surface area (Å²) < 4.78 is 0. The lowest BCUT2D eigenvalue weighted by Crippen LogP contribution is -2.56. The Labute approximate surface area is 91.8 Å². The number of fused-ring (bicyclic) bond motifs is 3. The van der Waals surface area contributed by atoms with Crippen molar-refractivity contribution in [1.82, 2.24) is 10.2 Å². The van der Waals surface area contributed by atoms with E-state index in [1.807, 2.05) is 0 Å². The monoisotopic (exact) mass is 210 g/mol. The van der Waals surface area contributed by atoms with Crippen LogP contribution in [0.25, 0.3) is 0 Å². The number of nitrogens with one attached hydrogen (secondary N) is 1. The summed E-state index contributed by atoms with van der Waals surface area (Å²) in [4.78, 5) is 2.58. The molecule has 3 heteroatoms. The number of aliphatic hydroxyl groups excluding tert-OH is 1. The van der Waals surface area contributed by atoms with Gasteiger partial charge < -0.3 is 15.3 Å². The average molecular weight is 210 g/mol. The lowest BCUT2D eigenvalue weighted by atomic mass is 9.84. The second-order valence-corrected chi connectivity index (χ2v) is 5.78. The van der Waals surface area contributed by atoms with Crippen LogP contribution in [0.4, 0.5) is 0 Å². The van der Waals surface area contributed by atoms with Crippen LogP contribution in [-0.4, -0.2) is 48.8 Å². The minimum absolute atomic E-state index is 0.270. The topological polar surface area (TPSA) is 35.5 Å². The summed E-state index contributed by atoms with van der Waals surface area (Å²) >= 11 is 0. The third kappa shape index (κ3) is 1.93. The Morgan fingerprint density at radius 2 is 2.00 bits per heavy atom. The second-order valence-electron chi connectivity index (χ2n) is 5.78. The molecule has 3 saturated heterocycles. The predicted molar refractivity (Wildman–Crippen MR) is 59.7 cm³/mol. The summed E-state index contributed by atoms with van der Waals surface area (Å²) in [5.74, 6) is 0.907. The zero-order valence-corrected chi connectivity index (χ0v) is 9.41. The third-order valence-electron chi connectivity index (χ3n) is 4.69. The van der Waals surface area contributed by atoms with Gasteiger partial charge in [0.05, 0.1) is 0 Å². The molecule has 0 spiro atoms. The lowest BCUT2D eigenvalue weighted by molar-refractivity contribution is 0.0674. The summed E-state index contributed by atoms with van der Waals surface area (Å²) in [5.41, 5.74) is 0.270. The van der Waals surface area contributed by atoms with Gasteiger partial charge in [0.1, 0.15) is 0 Å². The molecule has 0 amide bonds. The molecule has 4 rings (SSSR count). The third-order valence-corrected chi connectivity index (χ3v) is 4.69.